The van der Waals surface area contributed by atoms with Crippen LogP contribution in [-0.2, 0) is 31.6 Å². The SMILES string of the molecule is CCOP(=O)(CCCCc1ccccc1)CN(CC)C(=O)N1CCC[C@H]1C(=O)OCc1ccccc1. The van der Waals surface area contributed by atoms with Crippen LogP contribution in [0.5, 0.6) is 0 Å². The van der Waals surface area contributed by atoms with Gasteiger partial charge in [-0.1, -0.05) is 60.7 Å². The number of urea groups is 1. The van der Waals surface area contributed by atoms with E-state index in [2.05, 4.69) is 12.1 Å². The van der Waals surface area contributed by atoms with E-state index in [-0.39, 0.29) is 18.9 Å². The van der Waals surface area contributed by atoms with Crippen molar-refractivity contribution in [2.45, 2.75) is 58.6 Å². The standard InChI is InChI=1S/C28H39N2O5P/c1-3-29(23-36(33,35-4-2)21-12-11-16-24-14-7-5-8-15-24)28(32)30-20-13-19-26(30)27(31)34-22-25-17-9-6-10-18-25/h5-10,14-15,17-18,26H,3-4,11-13,16,19-23H2,1-2H3/t26-,36?/m0/s1. The fraction of sp³-hybridized carbons (Fsp3) is 0.500. The molecule has 3 rings (SSSR count). The third-order valence-electron chi connectivity index (χ3n) is 6.45. The maximum absolute atomic E-state index is 13.7. The first-order valence-corrected chi connectivity index (χ1v) is 15.0. The van der Waals surface area contributed by atoms with E-state index in [1.54, 1.807) is 9.80 Å². The van der Waals surface area contributed by atoms with E-state index >= 15 is 0 Å². The van der Waals surface area contributed by atoms with Crippen LogP contribution in [0, 0.1) is 0 Å². The molecule has 0 saturated carbocycles. The molecule has 1 heterocycles. The number of ether oxygens (including phenoxy) is 1. The van der Waals surface area contributed by atoms with E-state index in [1.807, 2.05) is 62.4 Å². The topological polar surface area (TPSA) is 76.2 Å². The average Bonchev–Trinajstić information content (AvgIpc) is 3.40. The zero-order chi connectivity index (χ0) is 25.8. The minimum atomic E-state index is -3.04. The summed E-state index contributed by atoms with van der Waals surface area (Å²) in [5.74, 6) is -0.394. The number of unbranched alkanes of at least 4 members (excludes halogenated alkanes) is 1. The lowest BCUT2D eigenvalue weighted by molar-refractivity contribution is -0.149. The van der Waals surface area contributed by atoms with Crippen LogP contribution in [0.1, 0.15) is 50.7 Å². The zero-order valence-corrected chi connectivity index (χ0v) is 22.4. The Hall–Kier alpha value is -2.63. The van der Waals surface area contributed by atoms with Gasteiger partial charge in [-0.3, -0.25) is 4.57 Å². The van der Waals surface area contributed by atoms with Crippen LogP contribution >= 0.6 is 7.37 Å². The quantitative estimate of drug-likeness (QED) is 0.188. The highest BCUT2D eigenvalue weighted by Crippen LogP contribution is 2.48. The Kier molecular flexibility index (Phi) is 11.0. The number of esters is 1. The molecule has 2 aromatic rings. The van der Waals surface area contributed by atoms with Gasteiger partial charge in [-0.15, -0.1) is 0 Å². The molecule has 0 aromatic heterocycles. The first-order chi connectivity index (χ1) is 17.5. The summed E-state index contributed by atoms with van der Waals surface area (Å²) in [6, 6.07) is 18.8. The highest BCUT2D eigenvalue weighted by Gasteiger charge is 2.38. The largest absolute Gasteiger partial charge is 0.459 e. The molecule has 1 unspecified atom stereocenters. The first kappa shape index (κ1) is 27.9. The molecule has 2 amide bonds. The lowest BCUT2D eigenvalue weighted by Crippen LogP contribution is -2.48. The van der Waals surface area contributed by atoms with E-state index < -0.39 is 19.4 Å². The Bertz CT molecular complexity index is 1000. The summed E-state index contributed by atoms with van der Waals surface area (Å²) >= 11 is 0. The predicted molar refractivity (Wildman–Crippen MR) is 142 cm³/mol. The molecule has 2 aromatic carbocycles. The van der Waals surface area contributed by atoms with Crippen LogP contribution in [0.2, 0.25) is 0 Å². The van der Waals surface area contributed by atoms with Crippen molar-refractivity contribution in [2.75, 3.05) is 32.1 Å². The summed E-state index contributed by atoms with van der Waals surface area (Å²) in [4.78, 5) is 29.4. The van der Waals surface area contributed by atoms with Crippen LogP contribution in [0.4, 0.5) is 4.79 Å². The predicted octanol–water partition coefficient (Wildman–Crippen LogP) is 5.93. The second-order valence-electron chi connectivity index (χ2n) is 9.12. The Morgan fingerprint density at radius 1 is 1.00 bits per heavy atom. The lowest BCUT2D eigenvalue weighted by Gasteiger charge is -2.32. The summed E-state index contributed by atoms with van der Waals surface area (Å²) in [7, 11) is -3.04. The maximum atomic E-state index is 13.7. The summed E-state index contributed by atoms with van der Waals surface area (Å²) in [5.41, 5.74) is 2.16. The van der Waals surface area contributed by atoms with Crippen LogP contribution in [-0.4, -0.2) is 60.0 Å². The molecule has 1 saturated heterocycles. The first-order valence-electron chi connectivity index (χ1n) is 13.0. The molecule has 0 bridgehead atoms. The molecule has 1 fully saturated rings. The number of carbonyl (C=O) groups excluding carboxylic acids is 2. The van der Waals surface area contributed by atoms with Gasteiger partial charge in [-0.2, -0.15) is 0 Å². The van der Waals surface area contributed by atoms with E-state index in [0.29, 0.717) is 32.3 Å². The monoisotopic (exact) mass is 514 g/mol. The second kappa shape index (κ2) is 14.2. The third-order valence-corrected chi connectivity index (χ3v) is 8.95. The highest BCUT2D eigenvalue weighted by molar-refractivity contribution is 7.58. The minimum Gasteiger partial charge on any atom is -0.459 e. The zero-order valence-electron chi connectivity index (χ0n) is 21.5. The highest BCUT2D eigenvalue weighted by atomic mass is 31.2. The molecule has 7 nitrogen and oxygen atoms in total. The van der Waals surface area contributed by atoms with E-state index in [4.69, 9.17) is 9.26 Å². The lowest BCUT2D eigenvalue weighted by atomic mass is 10.1. The number of amides is 2. The molecule has 0 spiro atoms. The van der Waals surface area contributed by atoms with Gasteiger partial charge in [0.15, 0.2) is 0 Å². The molecule has 196 valence electrons. The molecule has 8 heteroatoms. The van der Waals surface area contributed by atoms with Crippen molar-refractivity contribution < 1.29 is 23.4 Å². The average molecular weight is 515 g/mol. The summed E-state index contributed by atoms with van der Waals surface area (Å²) in [6.07, 6.45) is 4.38. The maximum Gasteiger partial charge on any atom is 0.329 e. The molecule has 36 heavy (non-hydrogen) atoms. The van der Waals surface area contributed by atoms with E-state index in [0.717, 1.165) is 31.2 Å². The van der Waals surface area contributed by atoms with Gasteiger partial charge in [0.25, 0.3) is 0 Å². The van der Waals surface area contributed by atoms with Gasteiger partial charge in [0.05, 0.1) is 12.9 Å². The summed E-state index contributed by atoms with van der Waals surface area (Å²) in [6.45, 7) is 5.08. The van der Waals surface area contributed by atoms with Gasteiger partial charge in [-0.25, -0.2) is 9.59 Å². The van der Waals surface area contributed by atoms with Gasteiger partial charge >= 0.3 is 12.0 Å². The van der Waals surface area contributed by atoms with Crippen molar-refractivity contribution in [1.82, 2.24) is 9.80 Å². The minimum absolute atomic E-state index is 0.0593. The number of rotatable bonds is 13. The molecule has 1 aliphatic rings. The van der Waals surface area contributed by atoms with Gasteiger partial charge in [-0.05, 0) is 57.1 Å². The molecular formula is C28H39N2O5P. The van der Waals surface area contributed by atoms with Crippen molar-refractivity contribution in [2.24, 2.45) is 0 Å². The normalized spacial score (nSPS) is 16.9. The number of aryl methyl sites for hydroxylation is 1. The molecule has 0 radical (unpaired) electrons. The number of benzene rings is 2. The van der Waals surface area contributed by atoms with Gasteiger partial charge < -0.3 is 19.1 Å². The summed E-state index contributed by atoms with van der Waals surface area (Å²) in [5, 5.41) is 0. The van der Waals surface area contributed by atoms with Gasteiger partial charge in [0, 0.05) is 19.3 Å². The van der Waals surface area contributed by atoms with Crippen molar-refractivity contribution in [1.29, 1.82) is 0 Å². The fourth-order valence-electron chi connectivity index (χ4n) is 4.54. The van der Waals surface area contributed by atoms with Crippen LogP contribution in [0.15, 0.2) is 60.7 Å². The smallest absolute Gasteiger partial charge is 0.329 e. The molecule has 2 atom stereocenters. The molecule has 0 aliphatic carbocycles. The van der Waals surface area contributed by atoms with E-state index in [1.165, 1.54) is 5.56 Å². The van der Waals surface area contributed by atoms with Crippen molar-refractivity contribution in [3.63, 3.8) is 0 Å². The Morgan fingerprint density at radius 2 is 1.67 bits per heavy atom. The van der Waals surface area contributed by atoms with Crippen LogP contribution in [0.3, 0.4) is 0 Å². The molecular weight excluding hydrogens is 475 g/mol. The van der Waals surface area contributed by atoms with Gasteiger partial charge in [0.2, 0.25) is 7.37 Å². The number of hydrogen-bond donors (Lipinski definition) is 0. The number of nitrogens with zero attached hydrogens (tertiary/aromatic N) is 2. The Morgan fingerprint density at radius 3 is 2.31 bits per heavy atom. The third kappa shape index (κ3) is 8.21. The van der Waals surface area contributed by atoms with Crippen molar-refractivity contribution in [3.8, 4) is 0 Å². The molecule has 0 N–H and O–H groups in total. The van der Waals surface area contributed by atoms with Crippen LogP contribution in [0.25, 0.3) is 0 Å². The number of hydrogen-bond acceptors (Lipinski definition) is 5. The Balaban J connectivity index is 1.56. The van der Waals surface area contributed by atoms with Gasteiger partial charge in [0.1, 0.15) is 12.6 Å². The van der Waals surface area contributed by atoms with Crippen LogP contribution < -0.4 is 0 Å². The summed E-state index contributed by atoms with van der Waals surface area (Å²) < 4.78 is 24.9. The molecule has 1 aliphatic heterocycles. The Labute approximate surface area is 215 Å². The number of likely N-dealkylation sites (tertiary alicyclic amines) is 1. The second-order valence-corrected chi connectivity index (χ2v) is 11.7. The fourth-order valence-corrected chi connectivity index (χ4v) is 6.91. The van der Waals surface area contributed by atoms with Crippen molar-refractivity contribution in [3.05, 3.63) is 71.8 Å². The van der Waals surface area contributed by atoms with E-state index in [9.17, 15) is 14.2 Å². The number of carbonyl (C=O) groups is 2. The van der Waals surface area contributed by atoms with Crippen molar-refractivity contribution >= 4 is 19.4 Å².